The largest absolute Gasteiger partial charge is 0.482 e. The summed E-state index contributed by atoms with van der Waals surface area (Å²) in [5, 5.41) is 8.68. The molecule has 0 saturated heterocycles. The number of nitrogens with two attached hydrogens (primary N) is 1. The van der Waals surface area contributed by atoms with E-state index in [1.54, 1.807) is 6.20 Å². The number of hydrogen-bond donors (Lipinski definition) is 1. The summed E-state index contributed by atoms with van der Waals surface area (Å²) in [5.74, 6) is 0.733. The molecular weight excluding hydrogens is 262 g/mol. The van der Waals surface area contributed by atoms with Gasteiger partial charge in [0, 0.05) is 12.2 Å². The fourth-order valence-corrected chi connectivity index (χ4v) is 2.05. The lowest BCUT2D eigenvalue weighted by Crippen LogP contribution is -2.32. The van der Waals surface area contributed by atoms with Crippen LogP contribution in [0.25, 0.3) is 0 Å². The van der Waals surface area contributed by atoms with Crippen molar-refractivity contribution in [1.82, 2.24) is 4.98 Å². The van der Waals surface area contributed by atoms with Gasteiger partial charge < -0.3 is 10.5 Å². The van der Waals surface area contributed by atoms with E-state index in [1.165, 1.54) is 0 Å². The molecule has 2 atom stereocenters. The molecule has 2 N–H and O–H groups in total. The van der Waals surface area contributed by atoms with Gasteiger partial charge in [-0.05, 0) is 36.2 Å². The van der Waals surface area contributed by atoms with Crippen LogP contribution in [0, 0.1) is 11.3 Å². The zero-order chi connectivity index (χ0) is 15.1. The van der Waals surface area contributed by atoms with Crippen molar-refractivity contribution < 1.29 is 4.74 Å². The Bertz CT molecular complexity index is 590. The van der Waals surface area contributed by atoms with Crippen LogP contribution in [0.4, 0.5) is 0 Å². The Morgan fingerprint density at radius 1 is 1.24 bits per heavy atom. The van der Waals surface area contributed by atoms with Gasteiger partial charge in [0.05, 0.1) is 18.2 Å². The minimum atomic E-state index is -0.280. The lowest BCUT2D eigenvalue weighted by atomic mass is 10.1. The van der Waals surface area contributed by atoms with Gasteiger partial charge >= 0.3 is 0 Å². The maximum Gasteiger partial charge on any atom is 0.155 e. The second-order valence-electron chi connectivity index (χ2n) is 4.84. The molecule has 0 amide bonds. The molecule has 1 aromatic carbocycles. The van der Waals surface area contributed by atoms with Gasteiger partial charge in [-0.2, -0.15) is 5.26 Å². The van der Waals surface area contributed by atoms with Gasteiger partial charge in [0.1, 0.15) is 5.75 Å². The Morgan fingerprint density at radius 2 is 2.00 bits per heavy atom. The first-order chi connectivity index (χ1) is 10.2. The highest BCUT2D eigenvalue weighted by molar-refractivity contribution is 5.29. The van der Waals surface area contributed by atoms with Gasteiger partial charge in [0.25, 0.3) is 0 Å². The van der Waals surface area contributed by atoms with Crippen molar-refractivity contribution in [2.45, 2.75) is 31.9 Å². The molecule has 2 rings (SSSR count). The fraction of sp³-hybridized carbons (Fsp3) is 0.294. The Morgan fingerprint density at radius 3 is 2.57 bits per heavy atom. The summed E-state index contributed by atoms with van der Waals surface area (Å²) in [5.41, 5.74) is 7.96. The molecule has 1 heterocycles. The minimum Gasteiger partial charge on any atom is -0.482 e. The molecule has 1 aromatic heterocycles. The third-order valence-electron chi connectivity index (χ3n) is 3.31. The number of ether oxygens (including phenoxy) is 1. The summed E-state index contributed by atoms with van der Waals surface area (Å²) in [7, 11) is 0. The average Bonchev–Trinajstić information content (AvgIpc) is 2.54. The summed E-state index contributed by atoms with van der Waals surface area (Å²) < 4.78 is 6.02. The Labute approximate surface area is 125 Å². The Balaban J connectivity index is 2.17. The number of aromatic nitrogens is 1. The normalized spacial score (nSPS) is 13.2. The highest BCUT2D eigenvalue weighted by Gasteiger charge is 2.21. The first-order valence-electron chi connectivity index (χ1n) is 7.03. The molecule has 2 aromatic rings. The number of benzene rings is 1. The van der Waals surface area contributed by atoms with E-state index in [1.807, 2.05) is 49.4 Å². The molecule has 0 aliphatic carbocycles. The molecule has 0 fully saturated rings. The van der Waals surface area contributed by atoms with Gasteiger partial charge in [-0.3, -0.25) is 4.98 Å². The van der Waals surface area contributed by atoms with Crippen molar-refractivity contribution in [1.29, 1.82) is 5.26 Å². The number of rotatable bonds is 6. The van der Waals surface area contributed by atoms with E-state index >= 15 is 0 Å². The lowest BCUT2D eigenvalue weighted by molar-refractivity contribution is 0.166. The van der Waals surface area contributed by atoms with Crippen LogP contribution in [-0.2, 0) is 6.42 Å². The summed E-state index contributed by atoms with van der Waals surface area (Å²) in [6, 6.07) is 15.2. The van der Waals surface area contributed by atoms with Crippen LogP contribution in [0.3, 0.4) is 0 Å². The van der Waals surface area contributed by atoms with E-state index < -0.39 is 0 Å². The predicted octanol–water partition coefficient (Wildman–Crippen LogP) is 3.01. The van der Waals surface area contributed by atoms with Crippen molar-refractivity contribution in [3.63, 3.8) is 0 Å². The monoisotopic (exact) mass is 281 g/mol. The number of nitrogens with zero attached hydrogens (tertiary/aromatic N) is 2. The van der Waals surface area contributed by atoms with Crippen LogP contribution < -0.4 is 10.5 Å². The van der Waals surface area contributed by atoms with E-state index in [9.17, 15) is 0 Å². The number of nitriles is 1. The van der Waals surface area contributed by atoms with Crippen molar-refractivity contribution in [3.05, 3.63) is 59.9 Å². The van der Waals surface area contributed by atoms with Gasteiger partial charge in [0.15, 0.2) is 6.10 Å². The maximum atomic E-state index is 8.68. The molecule has 4 nitrogen and oxygen atoms in total. The first-order valence-corrected chi connectivity index (χ1v) is 7.03. The van der Waals surface area contributed by atoms with Gasteiger partial charge in [-0.25, -0.2) is 0 Å². The van der Waals surface area contributed by atoms with Crippen LogP contribution in [0.1, 0.15) is 30.7 Å². The molecule has 21 heavy (non-hydrogen) atoms. The third-order valence-corrected chi connectivity index (χ3v) is 3.31. The lowest BCUT2D eigenvalue weighted by Gasteiger charge is -2.23. The van der Waals surface area contributed by atoms with E-state index in [0.29, 0.717) is 6.42 Å². The SMILES string of the molecule is CCC(N)C(Oc1ccc(CC#N)cc1)c1ccccn1. The summed E-state index contributed by atoms with van der Waals surface area (Å²) >= 11 is 0. The summed E-state index contributed by atoms with van der Waals surface area (Å²) in [6.45, 7) is 2.03. The second kappa shape index (κ2) is 7.41. The van der Waals surface area contributed by atoms with Gasteiger partial charge in [-0.1, -0.05) is 25.1 Å². The standard InChI is InChI=1S/C17H19N3O/c1-2-15(19)17(16-5-3-4-12-20-16)21-14-8-6-13(7-9-14)10-11-18/h3-9,12,15,17H,2,10,19H2,1H3. The molecule has 0 aliphatic rings. The zero-order valence-electron chi connectivity index (χ0n) is 12.1. The average molecular weight is 281 g/mol. The third kappa shape index (κ3) is 4.04. The van der Waals surface area contributed by atoms with Crippen molar-refractivity contribution in [2.24, 2.45) is 5.73 Å². The smallest absolute Gasteiger partial charge is 0.155 e. The predicted molar refractivity (Wildman–Crippen MR) is 81.6 cm³/mol. The number of pyridine rings is 1. The molecule has 0 radical (unpaired) electrons. The van der Waals surface area contributed by atoms with Crippen LogP contribution in [0.2, 0.25) is 0 Å². The van der Waals surface area contributed by atoms with Crippen LogP contribution in [0.5, 0.6) is 5.75 Å². The van der Waals surface area contributed by atoms with Crippen LogP contribution in [0.15, 0.2) is 48.7 Å². The molecule has 0 aliphatic heterocycles. The molecule has 108 valence electrons. The summed E-state index contributed by atoms with van der Waals surface area (Å²) in [4.78, 5) is 4.34. The van der Waals surface area contributed by atoms with Gasteiger partial charge in [-0.15, -0.1) is 0 Å². The highest BCUT2D eigenvalue weighted by atomic mass is 16.5. The maximum absolute atomic E-state index is 8.68. The van der Waals surface area contributed by atoms with Gasteiger partial charge in [0.2, 0.25) is 0 Å². The first kappa shape index (κ1) is 15.0. The second-order valence-corrected chi connectivity index (χ2v) is 4.84. The Kier molecular flexibility index (Phi) is 5.30. The molecule has 0 spiro atoms. The van der Waals surface area contributed by atoms with E-state index in [2.05, 4.69) is 11.1 Å². The van der Waals surface area contributed by atoms with E-state index in [0.717, 1.165) is 23.4 Å². The molecule has 0 saturated carbocycles. The number of hydrogen-bond acceptors (Lipinski definition) is 4. The van der Waals surface area contributed by atoms with E-state index in [-0.39, 0.29) is 12.1 Å². The van der Waals surface area contributed by atoms with Crippen LogP contribution in [-0.4, -0.2) is 11.0 Å². The quantitative estimate of drug-likeness (QED) is 0.883. The van der Waals surface area contributed by atoms with E-state index in [4.69, 9.17) is 15.7 Å². The molecule has 2 unspecified atom stereocenters. The topological polar surface area (TPSA) is 71.9 Å². The molecular formula is C17H19N3O. The van der Waals surface area contributed by atoms with Crippen LogP contribution >= 0.6 is 0 Å². The molecule has 4 heteroatoms. The highest BCUT2D eigenvalue weighted by Crippen LogP contribution is 2.24. The zero-order valence-corrected chi connectivity index (χ0v) is 12.1. The van der Waals surface area contributed by atoms with Crippen molar-refractivity contribution in [3.8, 4) is 11.8 Å². The fourth-order valence-electron chi connectivity index (χ4n) is 2.05. The minimum absolute atomic E-state index is 0.126. The Hall–Kier alpha value is -2.38. The van der Waals surface area contributed by atoms with Crippen molar-refractivity contribution >= 4 is 0 Å². The summed E-state index contributed by atoms with van der Waals surface area (Å²) in [6.07, 6.45) is 2.66. The van der Waals surface area contributed by atoms with Crippen molar-refractivity contribution in [2.75, 3.05) is 0 Å². The molecule has 0 bridgehead atoms.